The molecule has 3 rings (SSSR count). The summed E-state index contributed by atoms with van der Waals surface area (Å²) in [6.45, 7) is 2.27. The molecule has 5 nitrogen and oxygen atoms in total. The molecule has 0 aliphatic carbocycles. The maximum atomic E-state index is 12.2. The van der Waals surface area contributed by atoms with Gasteiger partial charge in [0.15, 0.2) is 5.82 Å². The number of aryl methyl sites for hydroxylation is 1. The lowest BCUT2D eigenvalue weighted by atomic mass is 10.1. The number of H-pyrrole nitrogens is 1. The Labute approximate surface area is 130 Å². The molecule has 0 saturated heterocycles. The Bertz CT molecular complexity index is 721. The van der Waals surface area contributed by atoms with Crippen molar-refractivity contribution in [2.24, 2.45) is 0 Å². The molecule has 1 aliphatic rings. The smallest absolute Gasteiger partial charge is 0.256 e. The molecule has 2 N–H and O–H groups in total. The molecule has 108 valence electrons. The van der Waals surface area contributed by atoms with Gasteiger partial charge in [0.05, 0.1) is 5.57 Å². The van der Waals surface area contributed by atoms with Crippen molar-refractivity contribution in [1.29, 1.82) is 0 Å². The molecule has 1 aromatic carbocycles. The number of rotatable bonds is 3. The van der Waals surface area contributed by atoms with Gasteiger partial charge in [0, 0.05) is 21.8 Å². The van der Waals surface area contributed by atoms with Crippen LogP contribution in [-0.2, 0) is 11.2 Å². The van der Waals surface area contributed by atoms with Crippen molar-refractivity contribution in [2.45, 2.75) is 13.3 Å². The third-order valence-electron chi connectivity index (χ3n) is 3.23. The predicted molar refractivity (Wildman–Crippen MR) is 84.2 cm³/mol. The Morgan fingerprint density at radius 2 is 2.33 bits per heavy atom. The van der Waals surface area contributed by atoms with E-state index < -0.39 is 0 Å². The van der Waals surface area contributed by atoms with Gasteiger partial charge in [-0.2, -0.15) is 5.10 Å². The van der Waals surface area contributed by atoms with E-state index >= 15 is 0 Å². The minimum Gasteiger partial charge on any atom is -0.488 e. The number of amides is 1. The number of fused-ring (bicyclic) bond motifs is 1. The van der Waals surface area contributed by atoms with Crippen LogP contribution in [-0.4, -0.2) is 22.7 Å². The number of carbonyl (C=O) groups excluding carboxylic acids is 1. The van der Waals surface area contributed by atoms with Crippen LogP contribution in [0.15, 0.2) is 34.3 Å². The highest BCUT2D eigenvalue weighted by atomic mass is 79.9. The summed E-state index contributed by atoms with van der Waals surface area (Å²) >= 11 is 3.41. The Balaban J connectivity index is 1.79. The number of ether oxygens (including phenoxy) is 1. The first-order chi connectivity index (χ1) is 10.2. The second-order valence-corrected chi connectivity index (χ2v) is 5.64. The van der Waals surface area contributed by atoms with Crippen LogP contribution in [0.4, 0.5) is 5.82 Å². The van der Waals surface area contributed by atoms with E-state index in [0.29, 0.717) is 11.4 Å². The van der Waals surface area contributed by atoms with Gasteiger partial charge < -0.3 is 10.1 Å². The van der Waals surface area contributed by atoms with Crippen LogP contribution in [0.2, 0.25) is 0 Å². The summed E-state index contributed by atoms with van der Waals surface area (Å²) < 4.78 is 6.55. The predicted octanol–water partition coefficient (Wildman–Crippen LogP) is 3.15. The highest BCUT2D eigenvalue weighted by Crippen LogP contribution is 2.29. The van der Waals surface area contributed by atoms with Crippen molar-refractivity contribution in [3.8, 4) is 5.75 Å². The van der Waals surface area contributed by atoms with Gasteiger partial charge >= 0.3 is 0 Å². The largest absolute Gasteiger partial charge is 0.488 e. The fourth-order valence-corrected chi connectivity index (χ4v) is 2.46. The zero-order valence-electron chi connectivity index (χ0n) is 11.4. The Hall–Kier alpha value is -2.08. The van der Waals surface area contributed by atoms with Crippen LogP contribution in [0.5, 0.6) is 5.75 Å². The van der Waals surface area contributed by atoms with Gasteiger partial charge in [-0.3, -0.25) is 9.89 Å². The van der Waals surface area contributed by atoms with Crippen LogP contribution in [0.1, 0.15) is 18.2 Å². The van der Waals surface area contributed by atoms with E-state index in [2.05, 4.69) is 31.4 Å². The summed E-state index contributed by atoms with van der Waals surface area (Å²) in [5, 5.41) is 9.68. The Kier molecular flexibility index (Phi) is 3.79. The first-order valence-electron chi connectivity index (χ1n) is 6.64. The summed E-state index contributed by atoms with van der Waals surface area (Å²) in [6.07, 6.45) is 2.68. The van der Waals surface area contributed by atoms with Crippen molar-refractivity contribution >= 4 is 33.7 Å². The number of carbonyl (C=O) groups is 1. The molecule has 2 heterocycles. The molecule has 0 spiro atoms. The van der Waals surface area contributed by atoms with Gasteiger partial charge in [0.2, 0.25) is 0 Å². The normalized spacial score (nSPS) is 13.1. The molecule has 1 amide bonds. The lowest BCUT2D eigenvalue weighted by molar-refractivity contribution is -0.113. The monoisotopic (exact) mass is 347 g/mol. The quantitative estimate of drug-likeness (QED) is 0.896. The molecular weight excluding hydrogens is 334 g/mol. The number of nitrogens with zero attached hydrogens (tertiary/aromatic N) is 1. The van der Waals surface area contributed by atoms with Crippen molar-refractivity contribution in [3.05, 3.63) is 45.6 Å². The van der Waals surface area contributed by atoms with Crippen molar-refractivity contribution in [1.82, 2.24) is 10.2 Å². The molecule has 0 bridgehead atoms. The number of hydrogen-bond donors (Lipinski definition) is 2. The van der Waals surface area contributed by atoms with E-state index in [-0.39, 0.29) is 12.5 Å². The van der Waals surface area contributed by atoms with Crippen LogP contribution >= 0.6 is 15.9 Å². The summed E-state index contributed by atoms with van der Waals surface area (Å²) in [5.74, 6) is 1.11. The Morgan fingerprint density at radius 3 is 3.10 bits per heavy atom. The van der Waals surface area contributed by atoms with Crippen LogP contribution in [0.25, 0.3) is 6.08 Å². The molecule has 0 radical (unpaired) electrons. The molecule has 0 saturated carbocycles. The standard InChI is InChI=1S/C15H14BrN3O2/c1-2-12-7-14(19-18-12)17-15(20)10-5-9-6-11(16)3-4-13(9)21-8-10/h3-7H,2,8H2,1H3,(H2,17,18,19,20). The zero-order valence-corrected chi connectivity index (χ0v) is 13.0. The SMILES string of the molecule is CCc1cc(NC(=O)C2=Cc3cc(Br)ccc3OC2)n[nH]1. The van der Waals surface area contributed by atoms with Gasteiger partial charge in [-0.1, -0.05) is 22.9 Å². The summed E-state index contributed by atoms with van der Waals surface area (Å²) in [5.41, 5.74) is 2.44. The van der Waals surface area contributed by atoms with Crippen molar-refractivity contribution in [2.75, 3.05) is 11.9 Å². The topological polar surface area (TPSA) is 67.0 Å². The second-order valence-electron chi connectivity index (χ2n) is 4.73. The maximum Gasteiger partial charge on any atom is 0.256 e. The minimum absolute atomic E-state index is 0.199. The fourth-order valence-electron chi connectivity index (χ4n) is 2.08. The van der Waals surface area contributed by atoms with Gasteiger partial charge in [0.25, 0.3) is 5.91 Å². The fraction of sp³-hybridized carbons (Fsp3) is 0.200. The van der Waals surface area contributed by atoms with Gasteiger partial charge in [-0.15, -0.1) is 0 Å². The Morgan fingerprint density at radius 1 is 1.48 bits per heavy atom. The minimum atomic E-state index is -0.199. The molecule has 1 aromatic heterocycles. The molecule has 6 heteroatoms. The lowest BCUT2D eigenvalue weighted by Gasteiger charge is -2.17. The number of benzene rings is 1. The van der Waals surface area contributed by atoms with Gasteiger partial charge in [0.1, 0.15) is 12.4 Å². The number of halogens is 1. The average Bonchev–Trinajstić information content (AvgIpc) is 2.94. The van der Waals surface area contributed by atoms with Crippen LogP contribution < -0.4 is 10.1 Å². The third kappa shape index (κ3) is 3.00. The zero-order chi connectivity index (χ0) is 14.8. The molecule has 0 atom stereocenters. The van der Waals surface area contributed by atoms with E-state index in [0.717, 1.165) is 27.9 Å². The number of nitrogens with one attached hydrogen (secondary N) is 2. The highest BCUT2D eigenvalue weighted by Gasteiger charge is 2.18. The van der Waals surface area contributed by atoms with Crippen LogP contribution in [0, 0.1) is 0 Å². The number of aromatic nitrogens is 2. The highest BCUT2D eigenvalue weighted by molar-refractivity contribution is 9.10. The third-order valence-corrected chi connectivity index (χ3v) is 3.72. The van der Waals surface area contributed by atoms with Gasteiger partial charge in [-0.05, 0) is 30.7 Å². The van der Waals surface area contributed by atoms with Crippen molar-refractivity contribution in [3.63, 3.8) is 0 Å². The van der Waals surface area contributed by atoms with E-state index in [1.165, 1.54) is 0 Å². The number of hydrogen-bond acceptors (Lipinski definition) is 3. The number of anilines is 1. The van der Waals surface area contributed by atoms with E-state index in [1.807, 2.05) is 37.3 Å². The lowest BCUT2D eigenvalue weighted by Crippen LogP contribution is -2.21. The van der Waals surface area contributed by atoms with Gasteiger partial charge in [-0.25, -0.2) is 0 Å². The molecule has 0 unspecified atom stereocenters. The molecule has 0 fully saturated rings. The molecular formula is C15H14BrN3O2. The molecule has 1 aliphatic heterocycles. The van der Waals surface area contributed by atoms with E-state index in [1.54, 1.807) is 0 Å². The average molecular weight is 348 g/mol. The van der Waals surface area contributed by atoms with E-state index in [9.17, 15) is 4.79 Å². The summed E-state index contributed by atoms with van der Waals surface area (Å²) in [4.78, 5) is 12.2. The molecule has 2 aromatic rings. The second kappa shape index (κ2) is 5.73. The van der Waals surface area contributed by atoms with Crippen LogP contribution in [0.3, 0.4) is 0 Å². The first kappa shape index (κ1) is 13.9. The van der Waals surface area contributed by atoms with Crippen molar-refractivity contribution < 1.29 is 9.53 Å². The summed E-state index contributed by atoms with van der Waals surface area (Å²) in [6, 6.07) is 7.54. The number of aromatic amines is 1. The molecule has 21 heavy (non-hydrogen) atoms. The summed E-state index contributed by atoms with van der Waals surface area (Å²) in [7, 11) is 0. The maximum absolute atomic E-state index is 12.2. The van der Waals surface area contributed by atoms with E-state index in [4.69, 9.17) is 4.74 Å². The first-order valence-corrected chi connectivity index (χ1v) is 7.43.